The molecule has 10 heteroatoms. The summed E-state index contributed by atoms with van der Waals surface area (Å²) in [6.07, 6.45) is 4.32. The van der Waals surface area contributed by atoms with E-state index in [0.29, 0.717) is 18.2 Å². The van der Waals surface area contributed by atoms with E-state index >= 15 is 0 Å². The Hall–Kier alpha value is -2.48. The molecule has 1 aromatic rings. The van der Waals surface area contributed by atoms with E-state index in [1.807, 2.05) is 24.0 Å². The van der Waals surface area contributed by atoms with Crippen molar-refractivity contribution < 1.29 is 18.4 Å². The first kappa shape index (κ1) is 22.0. The standard InChI is InChI=1S/C24H29N5O4S/c1-13(23(30)28-17(10-25)7-15-8-21(15)28)11-27-12-18-9-22(27)24(31)29(18)20-5-2-14-6-16(26-34(32)33)3-4-19(14)20/h3-4,6,13,15,17-18,20-22,26H,2,5,7-9,11-12H2,1H3,(H,32,33)/t13-,15+,17-,18-,20+,21?,22-/m0/s1. The number of aryl methyl sites for hydroxylation is 1. The number of anilines is 1. The lowest BCUT2D eigenvalue weighted by Crippen LogP contribution is -2.53. The average Bonchev–Trinajstić information content (AvgIpc) is 3.14. The maximum absolute atomic E-state index is 13.4. The van der Waals surface area contributed by atoms with Crippen LogP contribution in [0.15, 0.2) is 18.2 Å². The molecule has 2 bridgehead atoms. The van der Waals surface area contributed by atoms with Gasteiger partial charge in [-0.2, -0.15) is 5.26 Å². The Morgan fingerprint density at radius 3 is 2.88 bits per heavy atom. The molecule has 0 spiro atoms. The van der Waals surface area contributed by atoms with Crippen molar-refractivity contribution >= 4 is 28.8 Å². The normalized spacial score (nSPS) is 35.1. The van der Waals surface area contributed by atoms with E-state index in [1.165, 1.54) is 0 Å². The number of piperazine rings is 1. The van der Waals surface area contributed by atoms with Gasteiger partial charge in [0.2, 0.25) is 11.8 Å². The van der Waals surface area contributed by atoms with Gasteiger partial charge in [-0.05, 0) is 61.3 Å². The number of hydrogen-bond donors (Lipinski definition) is 2. The summed E-state index contributed by atoms with van der Waals surface area (Å²) < 4.78 is 22.6. The minimum Gasteiger partial charge on any atom is -0.330 e. The first-order valence-electron chi connectivity index (χ1n) is 12.1. The van der Waals surface area contributed by atoms with Gasteiger partial charge in [-0.15, -0.1) is 0 Å². The molecule has 2 aliphatic carbocycles. The molecule has 2 N–H and O–H groups in total. The molecule has 3 saturated heterocycles. The largest absolute Gasteiger partial charge is 0.330 e. The van der Waals surface area contributed by atoms with Crippen LogP contribution in [0.2, 0.25) is 0 Å². The Kier molecular flexibility index (Phi) is 5.20. The van der Waals surface area contributed by atoms with Gasteiger partial charge in [0.15, 0.2) is 0 Å². The highest BCUT2D eigenvalue weighted by Crippen LogP contribution is 2.48. The van der Waals surface area contributed by atoms with Crippen LogP contribution in [0.25, 0.3) is 0 Å². The molecule has 8 atom stereocenters. The van der Waals surface area contributed by atoms with Crippen LogP contribution in [-0.2, 0) is 27.3 Å². The van der Waals surface area contributed by atoms with Gasteiger partial charge in [0.1, 0.15) is 6.04 Å². The summed E-state index contributed by atoms with van der Waals surface area (Å²) in [5.41, 5.74) is 2.84. The zero-order valence-electron chi connectivity index (χ0n) is 19.1. The van der Waals surface area contributed by atoms with Crippen molar-refractivity contribution in [2.24, 2.45) is 11.8 Å². The highest BCUT2D eigenvalue weighted by molar-refractivity contribution is 7.80. The predicted octanol–water partition coefficient (Wildman–Crippen LogP) is 1.66. The second-order valence-electron chi connectivity index (χ2n) is 10.5. The molecule has 180 valence electrons. The van der Waals surface area contributed by atoms with Crippen LogP contribution in [0, 0.1) is 23.2 Å². The van der Waals surface area contributed by atoms with Gasteiger partial charge < -0.3 is 9.80 Å². The van der Waals surface area contributed by atoms with Gasteiger partial charge in [-0.25, -0.2) is 4.21 Å². The molecule has 2 unspecified atom stereocenters. The zero-order chi connectivity index (χ0) is 23.7. The summed E-state index contributed by atoms with van der Waals surface area (Å²) in [7, 11) is 0. The third-order valence-corrected chi connectivity index (χ3v) is 8.89. The first-order valence-corrected chi connectivity index (χ1v) is 13.2. The maximum atomic E-state index is 13.4. The molecule has 9 nitrogen and oxygen atoms in total. The van der Waals surface area contributed by atoms with E-state index in [0.717, 1.165) is 49.8 Å². The minimum atomic E-state index is -2.11. The van der Waals surface area contributed by atoms with E-state index < -0.39 is 11.3 Å². The Balaban J connectivity index is 1.11. The quantitative estimate of drug-likeness (QED) is 0.595. The van der Waals surface area contributed by atoms with Gasteiger partial charge >= 0.3 is 0 Å². The molecule has 4 fully saturated rings. The Labute approximate surface area is 201 Å². The van der Waals surface area contributed by atoms with E-state index in [9.17, 15) is 19.1 Å². The number of amides is 2. The van der Waals surface area contributed by atoms with E-state index in [1.54, 1.807) is 6.07 Å². The average molecular weight is 484 g/mol. The molecular weight excluding hydrogens is 454 g/mol. The summed E-state index contributed by atoms with van der Waals surface area (Å²) in [6, 6.07) is 7.92. The van der Waals surface area contributed by atoms with Gasteiger partial charge in [-0.1, -0.05) is 13.0 Å². The summed E-state index contributed by atoms with van der Waals surface area (Å²) in [6.45, 7) is 3.26. The highest BCUT2D eigenvalue weighted by Gasteiger charge is 2.56. The van der Waals surface area contributed by atoms with Crippen LogP contribution in [-0.4, -0.2) is 72.5 Å². The number of carbonyl (C=O) groups is 2. The van der Waals surface area contributed by atoms with Crippen LogP contribution in [0.3, 0.4) is 0 Å². The van der Waals surface area contributed by atoms with Crippen LogP contribution >= 0.6 is 0 Å². The molecule has 6 rings (SSSR count). The van der Waals surface area contributed by atoms with Gasteiger partial charge in [0.25, 0.3) is 11.3 Å². The molecule has 5 aliphatic rings. The Morgan fingerprint density at radius 2 is 2.15 bits per heavy atom. The Bertz CT molecular complexity index is 1120. The number of carbonyl (C=O) groups excluding carboxylic acids is 2. The predicted molar refractivity (Wildman–Crippen MR) is 124 cm³/mol. The molecule has 1 saturated carbocycles. The summed E-state index contributed by atoms with van der Waals surface area (Å²) in [4.78, 5) is 32.6. The van der Waals surface area contributed by atoms with Gasteiger partial charge in [-0.3, -0.25) is 23.8 Å². The fourth-order valence-corrected chi connectivity index (χ4v) is 7.25. The number of likely N-dealkylation sites (tertiary alicyclic amines) is 3. The van der Waals surface area contributed by atoms with Crippen LogP contribution < -0.4 is 4.72 Å². The molecule has 0 radical (unpaired) electrons. The lowest BCUT2D eigenvalue weighted by atomic mass is 10.0. The van der Waals surface area contributed by atoms with Crippen LogP contribution in [0.4, 0.5) is 5.69 Å². The first-order chi connectivity index (χ1) is 16.4. The Morgan fingerprint density at radius 1 is 1.32 bits per heavy atom. The topological polar surface area (TPSA) is 117 Å². The number of nitrogens with one attached hydrogen (secondary N) is 1. The number of nitriles is 1. The fraction of sp³-hybridized carbons (Fsp3) is 0.625. The maximum Gasteiger partial charge on any atom is 0.259 e. The number of piperidine rings is 1. The highest BCUT2D eigenvalue weighted by atomic mass is 32.2. The second-order valence-corrected chi connectivity index (χ2v) is 11.2. The van der Waals surface area contributed by atoms with Crippen LogP contribution in [0.5, 0.6) is 0 Å². The van der Waals surface area contributed by atoms with Crippen LogP contribution in [0.1, 0.15) is 49.8 Å². The molecule has 34 heavy (non-hydrogen) atoms. The third kappa shape index (κ3) is 3.44. The number of fused-ring (bicyclic) bond motifs is 4. The van der Waals surface area contributed by atoms with E-state index in [2.05, 4.69) is 20.6 Å². The van der Waals surface area contributed by atoms with E-state index in [-0.39, 0.29) is 47.9 Å². The monoisotopic (exact) mass is 483 g/mol. The fourth-order valence-electron chi connectivity index (χ4n) is 6.92. The minimum absolute atomic E-state index is 0.0418. The number of rotatable bonds is 6. The molecule has 1 aromatic carbocycles. The SMILES string of the molecule is C[C@@H](CN1C[C@@H]2C[C@H]1C(=O)N2[C@@H]1CCc2cc(NS(=O)O)ccc21)C(=O)N1C2C[C@H]2C[C@H]1C#N. The summed E-state index contributed by atoms with van der Waals surface area (Å²) >= 11 is -2.11. The lowest BCUT2D eigenvalue weighted by molar-refractivity contribution is -0.142. The lowest BCUT2D eigenvalue weighted by Gasteiger charge is -2.39. The van der Waals surface area contributed by atoms with E-state index in [4.69, 9.17) is 4.55 Å². The number of nitrogens with zero attached hydrogens (tertiary/aromatic N) is 4. The zero-order valence-corrected chi connectivity index (χ0v) is 19.9. The number of benzene rings is 1. The van der Waals surface area contributed by atoms with Crippen molar-refractivity contribution in [2.75, 3.05) is 17.8 Å². The smallest absolute Gasteiger partial charge is 0.259 e. The van der Waals surface area contributed by atoms with Gasteiger partial charge in [0.05, 0.1) is 18.2 Å². The second kappa shape index (κ2) is 8.04. The van der Waals surface area contributed by atoms with Crippen molar-refractivity contribution in [1.29, 1.82) is 5.26 Å². The van der Waals surface area contributed by atoms with Crippen molar-refractivity contribution in [1.82, 2.24) is 14.7 Å². The van der Waals surface area contributed by atoms with Gasteiger partial charge in [0, 0.05) is 36.8 Å². The molecule has 3 heterocycles. The summed E-state index contributed by atoms with van der Waals surface area (Å²) in [5.74, 6) is 0.476. The summed E-state index contributed by atoms with van der Waals surface area (Å²) in [5, 5.41) is 9.43. The molecule has 0 aromatic heterocycles. The molecule has 2 amide bonds. The third-order valence-electron chi connectivity index (χ3n) is 8.48. The van der Waals surface area contributed by atoms with Crippen molar-refractivity contribution in [3.63, 3.8) is 0 Å². The molecule has 3 aliphatic heterocycles. The van der Waals surface area contributed by atoms with Crippen molar-refractivity contribution in [3.05, 3.63) is 29.3 Å². The number of hydrogen-bond acceptors (Lipinski definition) is 5. The van der Waals surface area contributed by atoms with Crippen molar-refractivity contribution in [3.8, 4) is 6.07 Å². The molecular formula is C24H29N5O4S. The van der Waals surface area contributed by atoms with Crippen molar-refractivity contribution in [2.45, 2.75) is 69.2 Å².